The van der Waals surface area contributed by atoms with E-state index in [1.54, 1.807) is 12.1 Å². The number of hydrogen-bond donors (Lipinski definition) is 1. The lowest BCUT2D eigenvalue weighted by Crippen LogP contribution is -2.23. The van der Waals surface area contributed by atoms with Crippen LogP contribution < -0.4 is 10.7 Å². The molecule has 0 unspecified atom stereocenters. The van der Waals surface area contributed by atoms with E-state index in [0.717, 1.165) is 5.69 Å². The lowest BCUT2D eigenvalue weighted by atomic mass is 9.96. The quantitative estimate of drug-likeness (QED) is 0.843. The van der Waals surface area contributed by atoms with E-state index in [-0.39, 0.29) is 5.43 Å². The summed E-state index contributed by atoms with van der Waals surface area (Å²) in [4.78, 5) is 11.8. The second kappa shape index (κ2) is 6.43. The van der Waals surface area contributed by atoms with Crippen LogP contribution in [0.3, 0.4) is 0 Å². The maximum atomic E-state index is 11.8. The van der Waals surface area contributed by atoms with Crippen LogP contribution in [0, 0.1) is 0 Å². The predicted molar refractivity (Wildman–Crippen MR) is 72.4 cm³/mol. The van der Waals surface area contributed by atoms with E-state index >= 15 is 0 Å². The van der Waals surface area contributed by atoms with Gasteiger partial charge in [-0.1, -0.05) is 50.3 Å². The first-order valence-corrected chi connectivity index (χ1v) is 6.72. The molecule has 1 aliphatic rings. The number of anilines is 1. The second-order valence-corrected chi connectivity index (χ2v) is 4.87. The van der Waals surface area contributed by atoms with E-state index in [4.69, 9.17) is 0 Å². The van der Waals surface area contributed by atoms with Crippen LogP contribution in [0.2, 0.25) is 0 Å². The van der Waals surface area contributed by atoms with Gasteiger partial charge >= 0.3 is 0 Å². The van der Waals surface area contributed by atoms with Crippen molar-refractivity contribution in [2.24, 2.45) is 0 Å². The summed E-state index contributed by atoms with van der Waals surface area (Å²) >= 11 is 0. The van der Waals surface area contributed by atoms with E-state index < -0.39 is 0 Å². The first kappa shape index (κ1) is 12.2. The molecule has 0 saturated heterocycles. The molecule has 0 bridgehead atoms. The Morgan fingerprint density at radius 1 is 0.882 bits per heavy atom. The molecule has 2 rings (SSSR count). The van der Waals surface area contributed by atoms with Crippen LogP contribution in [0.25, 0.3) is 0 Å². The van der Waals surface area contributed by atoms with Gasteiger partial charge in [0.25, 0.3) is 0 Å². The minimum atomic E-state index is 0.0945. The molecule has 1 aliphatic carbocycles. The van der Waals surface area contributed by atoms with Crippen molar-refractivity contribution in [1.82, 2.24) is 0 Å². The maximum Gasteiger partial charge on any atom is 0.201 e. The van der Waals surface area contributed by atoms with Crippen molar-refractivity contribution < 1.29 is 0 Å². The molecule has 17 heavy (non-hydrogen) atoms. The van der Waals surface area contributed by atoms with E-state index in [0.29, 0.717) is 6.04 Å². The third-order valence-corrected chi connectivity index (χ3v) is 3.46. The molecule has 1 saturated carbocycles. The lowest BCUT2D eigenvalue weighted by molar-refractivity contribution is 0.471. The Bertz CT molecular complexity index is 394. The molecule has 2 nitrogen and oxygen atoms in total. The molecule has 1 N–H and O–H groups in total. The Kier molecular flexibility index (Phi) is 4.60. The molecule has 1 fully saturated rings. The Labute approximate surface area is 103 Å². The fraction of sp³-hybridized carbons (Fsp3) is 0.533. The second-order valence-electron chi connectivity index (χ2n) is 4.87. The Hall–Kier alpha value is -1.31. The van der Waals surface area contributed by atoms with Gasteiger partial charge in [-0.3, -0.25) is 4.79 Å². The summed E-state index contributed by atoms with van der Waals surface area (Å²) in [6, 6.07) is 9.61. The molecular weight excluding hydrogens is 210 g/mol. The maximum absolute atomic E-state index is 11.8. The van der Waals surface area contributed by atoms with Gasteiger partial charge in [-0.15, -0.1) is 0 Å². The third kappa shape index (κ3) is 3.88. The highest BCUT2D eigenvalue weighted by molar-refractivity contribution is 5.42. The van der Waals surface area contributed by atoms with Crippen molar-refractivity contribution in [1.29, 1.82) is 0 Å². The molecule has 0 atom stereocenters. The number of rotatable bonds is 2. The first-order valence-electron chi connectivity index (χ1n) is 6.72. The van der Waals surface area contributed by atoms with Crippen LogP contribution in [0.1, 0.15) is 44.9 Å². The van der Waals surface area contributed by atoms with Gasteiger partial charge in [-0.25, -0.2) is 0 Å². The van der Waals surface area contributed by atoms with Crippen LogP contribution in [-0.2, 0) is 0 Å². The fourth-order valence-corrected chi connectivity index (χ4v) is 2.47. The summed E-state index contributed by atoms with van der Waals surface area (Å²) in [5.74, 6) is 0. The van der Waals surface area contributed by atoms with Crippen LogP contribution >= 0.6 is 0 Å². The van der Waals surface area contributed by atoms with E-state index in [9.17, 15) is 4.79 Å². The van der Waals surface area contributed by atoms with Crippen molar-refractivity contribution in [3.63, 3.8) is 0 Å². The van der Waals surface area contributed by atoms with Gasteiger partial charge in [0, 0.05) is 6.04 Å². The van der Waals surface area contributed by atoms with Gasteiger partial charge in [-0.05, 0) is 25.0 Å². The summed E-state index contributed by atoms with van der Waals surface area (Å²) in [7, 11) is 0. The predicted octanol–water partition coefficient (Wildman–Crippen LogP) is 3.57. The highest BCUT2D eigenvalue weighted by Gasteiger charge is 2.11. The zero-order valence-corrected chi connectivity index (χ0v) is 10.3. The molecule has 1 aromatic carbocycles. The molecule has 2 heteroatoms. The normalized spacial score (nSPS) is 18.1. The van der Waals surface area contributed by atoms with Gasteiger partial charge in [0.15, 0.2) is 0 Å². The standard InChI is InChI=1S/C15H21NO/c17-15-12-8-4-7-11-14(15)16-13-9-5-2-1-3-6-10-13/h4,7-8,11-13H,1-3,5-6,9-10H2,(H,16,17). The van der Waals surface area contributed by atoms with E-state index in [2.05, 4.69) is 5.32 Å². The zero-order valence-electron chi connectivity index (χ0n) is 10.3. The van der Waals surface area contributed by atoms with Gasteiger partial charge in [0.1, 0.15) is 0 Å². The van der Waals surface area contributed by atoms with Crippen LogP contribution in [-0.4, -0.2) is 6.04 Å². The molecule has 0 amide bonds. The average Bonchev–Trinajstić information content (AvgIpc) is 2.48. The zero-order chi connectivity index (χ0) is 11.9. The average molecular weight is 231 g/mol. The molecule has 0 aromatic heterocycles. The van der Waals surface area contributed by atoms with Crippen molar-refractivity contribution in [3.8, 4) is 0 Å². The molecular formula is C15H21NO. The molecule has 1 aromatic rings. The molecule has 0 aliphatic heterocycles. The van der Waals surface area contributed by atoms with Crippen LogP contribution in [0.15, 0.2) is 35.1 Å². The third-order valence-electron chi connectivity index (χ3n) is 3.46. The molecule has 0 heterocycles. The highest BCUT2D eigenvalue weighted by Crippen LogP contribution is 2.19. The van der Waals surface area contributed by atoms with Gasteiger partial charge in [0.05, 0.1) is 5.69 Å². The number of nitrogens with one attached hydrogen (secondary N) is 1. The smallest absolute Gasteiger partial charge is 0.201 e. The van der Waals surface area contributed by atoms with Crippen molar-refractivity contribution >= 4 is 5.69 Å². The van der Waals surface area contributed by atoms with Crippen molar-refractivity contribution in [2.45, 2.75) is 51.0 Å². The fourth-order valence-electron chi connectivity index (χ4n) is 2.47. The van der Waals surface area contributed by atoms with Gasteiger partial charge < -0.3 is 5.32 Å². The largest absolute Gasteiger partial charge is 0.379 e. The summed E-state index contributed by atoms with van der Waals surface area (Å²) in [6.07, 6.45) is 9.00. The lowest BCUT2D eigenvalue weighted by Gasteiger charge is -2.21. The SMILES string of the molecule is O=c1cccccc1NC1CCCCCCC1. The molecule has 0 spiro atoms. The Balaban J connectivity index is 2.03. The molecule has 0 radical (unpaired) electrons. The van der Waals surface area contributed by atoms with Crippen LogP contribution in [0.5, 0.6) is 0 Å². The molecule has 92 valence electrons. The first-order chi connectivity index (χ1) is 8.36. The topological polar surface area (TPSA) is 29.1 Å². The summed E-state index contributed by atoms with van der Waals surface area (Å²) in [5, 5.41) is 3.42. The monoisotopic (exact) mass is 231 g/mol. The van der Waals surface area contributed by atoms with Gasteiger partial charge in [0.2, 0.25) is 5.43 Å². The summed E-state index contributed by atoms with van der Waals surface area (Å²) < 4.78 is 0. The van der Waals surface area contributed by atoms with Crippen molar-refractivity contribution in [2.75, 3.05) is 5.32 Å². The van der Waals surface area contributed by atoms with E-state index in [1.807, 2.05) is 18.2 Å². The number of hydrogen-bond acceptors (Lipinski definition) is 2. The Morgan fingerprint density at radius 3 is 2.29 bits per heavy atom. The highest BCUT2D eigenvalue weighted by atomic mass is 16.1. The minimum absolute atomic E-state index is 0.0945. The van der Waals surface area contributed by atoms with E-state index in [1.165, 1.54) is 44.9 Å². The summed E-state index contributed by atoms with van der Waals surface area (Å²) in [5.41, 5.74) is 0.845. The minimum Gasteiger partial charge on any atom is -0.379 e. The van der Waals surface area contributed by atoms with Gasteiger partial charge in [-0.2, -0.15) is 0 Å². The summed E-state index contributed by atoms with van der Waals surface area (Å²) in [6.45, 7) is 0. The van der Waals surface area contributed by atoms with Crippen molar-refractivity contribution in [3.05, 3.63) is 40.6 Å². The Morgan fingerprint density at radius 2 is 1.53 bits per heavy atom. The van der Waals surface area contributed by atoms with Crippen LogP contribution in [0.4, 0.5) is 5.69 Å².